The van der Waals surface area contributed by atoms with Crippen molar-refractivity contribution in [2.75, 3.05) is 5.32 Å². The highest BCUT2D eigenvalue weighted by atomic mass is 19.1. The fraction of sp³-hybridized carbons (Fsp3) is 0.364. The van der Waals surface area contributed by atoms with Crippen molar-refractivity contribution in [3.63, 3.8) is 0 Å². The summed E-state index contributed by atoms with van der Waals surface area (Å²) in [5.74, 6) is -1.33. The molecule has 1 aliphatic rings. The molecule has 2 N–H and O–H groups in total. The Morgan fingerprint density at radius 2 is 2.07 bits per heavy atom. The Morgan fingerprint density at radius 3 is 2.67 bits per heavy atom. The molecule has 1 aliphatic carbocycles. The Balaban J connectivity index is 1.90. The van der Waals surface area contributed by atoms with E-state index in [1.54, 1.807) is 18.2 Å². The van der Waals surface area contributed by atoms with Gasteiger partial charge in [-0.1, -0.05) is 12.1 Å². The molecule has 0 saturated heterocycles. The molecular formula is C11H12FNO2. The van der Waals surface area contributed by atoms with Gasteiger partial charge in [0.1, 0.15) is 5.82 Å². The van der Waals surface area contributed by atoms with E-state index in [4.69, 9.17) is 5.11 Å². The minimum Gasteiger partial charge on any atom is -0.481 e. The molecule has 1 aromatic rings. The van der Waals surface area contributed by atoms with Crippen molar-refractivity contribution in [1.29, 1.82) is 0 Å². The maximum absolute atomic E-state index is 13.2. The highest BCUT2D eigenvalue weighted by Crippen LogP contribution is 2.30. The number of anilines is 1. The Kier molecular flexibility index (Phi) is 2.58. The van der Waals surface area contributed by atoms with Crippen LogP contribution in [0.25, 0.3) is 0 Å². The van der Waals surface area contributed by atoms with Crippen LogP contribution >= 0.6 is 0 Å². The monoisotopic (exact) mass is 209 g/mol. The van der Waals surface area contributed by atoms with E-state index in [2.05, 4.69) is 5.32 Å². The first-order valence-electron chi connectivity index (χ1n) is 4.90. The number of carbonyl (C=O) groups is 1. The Bertz CT molecular complexity index is 375. The van der Waals surface area contributed by atoms with Crippen molar-refractivity contribution in [1.82, 2.24) is 0 Å². The summed E-state index contributed by atoms with van der Waals surface area (Å²) in [4.78, 5) is 10.5. The van der Waals surface area contributed by atoms with E-state index < -0.39 is 5.97 Å². The molecule has 0 amide bonds. The molecule has 0 atom stereocenters. The summed E-state index contributed by atoms with van der Waals surface area (Å²) in [5, 5.41) is 11.7. The standard InChI is InChI=1S/C11H12FNO2/c12-9-3-1-2-4-10(9)13-8-5-7(6-8)11(14)15/h1-4,7-8,13H,5-6H2,(H,14,15). The van der Waals surface area contributed by atoms with Crippen molar-refractivity contribution < 1.29 is 14.3 Å². The van der Waals surface area contributed by atoms with Gasteiger partial charge in [0.25, 0.3) is 0 Å². The zero-order valence-corrected chi connectivity index (χ0v) is 8.11. The number of para-hydroxylation sites is 1. The Hall–Kier alpha value is -1.58. The predicted molar refractivity (Wildman–Crippen MR) is 54.2 cm³/mol. The highest BCUT2D eigenvalue weighted by molar-refractivity contribution is 5.71. The second kappa shape index (κ2) is 3.88. The highest BCUT2D eigenvalue weighted by Gasteiger charge is 2.34. The van der Waals surface area contributed by atoms with E-state index in [1.165, 1.54) is 6.07 Å². The number of carboxylic acid groups (broad SMARTS) is 1. The summed E-state index contributed by atoms with van der Waals surface area (Å²) >= 11 is 0. The van der Waals surface area contributed by atoms with Gasteiger partial charge in [-0.3, -0.25) is 4.79 Å². The zero-order valence-electron chi connectivity index (χ0n) is 8.11. The fourth-order valence-corrected chi connectivity index (χ4v) is 1.74. The average Bonchev–Trinajstić information content (AvgIpc) is 2.12. The molecule has 15 heavy (non-hydrogen) atoms. The number of hydrogen-bond acceptors (Lipinski definition) is 2. The van der Waals surface area contributed by atoms with E-state index in [0.29, 0.717) is 18.5 Å². The summed E-state index contributed by atoms with van der Waals surface area (Å²) in [5.41, 5.74) is 0.450. The molecule has 1 aromatic carbocycles. The normalized spacial score (nSPS) is 24.3. The molecule has 0 unspecified atom stereocenters. The first kappa shape index (κ1) is 9.96. The second-order valence-corrected chi connectivity index (χ2v) is 3.83. The van der Waals surface area contributed by atoms with Gasteiger partial charge in [-0.05, 0) is 25.0 Å². The summed E-state index contributed by atoms with van der Waals surface area (Å²) in [6.07, 6.45) is 1.15. The maximum atomic E-state index is 13.2. The van der Waals surface area contributed by atoms with Crippen LogP contribution in [0.1, 0.15) is 12.8 Å². The van der Waals surface area contributed by atoms with Gasteiger partial charge in [0.2, 0.25) is 0 Å². The van der Waals surface area contributed by atoms with Crippen LogP contribution in [-0.4, -0.2) is 17.1 Å². The Morgan fingerprint density at radius 1 is 1.40 bits per heavy atom. The van der Waals surface area contributed by atoms with Crippen LogP contribution in [0.5, 0.6) is 0 Å². The van der Waals surface area contributed by atoms with Gasteiger partial charge in [0.05, 0.1) is 11.6 Å². The molecular weight excluding hydrogens is 197 g/mol. The van der Waals surface area contributed by atoms with E-state index in [-0.39, 0.29) is 17.8 Å². The van der Waals surface area contributed by atoms with Crippen LogP contribution in [0.2, 0.25) is 0 Å². The van der Waals surface area contributed by atoms with E-state index >= 15 is 0 Å². The van der Waals surface area contributed by atoms with E-state index in [0.717, 1.165) is 0 Å². The molecule has 4 heteroatoms. The third-order valence-corrected chi connectivity index (χ3v) is 2.72. The van der Waals surface area contributed by atoms with Crippen molar-refractivity contribution in [3.8, 4) is 0 Å². The van der Waals surface area contributed by atoms with Gasteiger partial charge >= 0.3 is 5.97 Å². The van der Waals surface area contributed by atoms with Crippen molar-refractivity contribution in [3.05, 3.63) is 30.1 Å². The molecule has 0 heterocycles. The van der Waals surface area contributed by atoms with Gasteiger partial charge in [0, 0.05) is 6.04 Å². The minimum atomic E-state index is -0.762. The molecule has 0 aliphatic heterocycles. The largest absolute Gasteiger partial charge is 0.481 e. The molecule has 0 bridgehead atoms. The first-order valence-corrected chi connectivity index (χ1v) is 4.90. The van der Waals surface area contributed by atoms with E-state index in [1.807, 2.05) is 0 Å². The van der Waals surface area contributed by atoms with Crippen molar-refractivity contribution >= 4 is 11.7 Å². The third kappa shape index (κ3) is 2.09. The lowest BCUT2D eigenvalue weighted by molar-refractivity contribution is -0.144. The number of halogens is 1. The number of hydrogen-bond donors (Lipinski definition) is 2. The zero-order chi connectivity index (χ0) is 10.8. The van der Waals surface area contributed by atoms with Gasteiger partial charge < -0.3 is 10.4 Å². The Labute approximate surface area is 86.9 Å². The lowest BCUT2D eigenvalue weighted by Crippen LogP contribution is -2.39. The molecule has 2 rings (SSSR count). The van der Waals surface area contributed by atoms with Crippen LogP contribution < -0.4 is 5.32 Å². The van der Waals surface area contributed by atoms with E-state index in [9.17, 15) is 9.18 Å². The number of rotatable bonds is 3. The SMILES string of the molecule is O=C(O)C1CC(Nc2ccccc2F)C1. The van der Waals surface area contributed by atoms with Crippen molar-refractivity contribution in [2.24, 2.45) is 5.92 Å². The lowest BCUT2D eigenvalue weighted by Gasteiger charge is -2.33. The summed E-state index contributed by atoms with van der Waals surface area (Å²) in [7, 11) is 0. The smallest absolute Gasteiger partial charge is 0.306 e. The second-order valence-electron chi connectivity index (χ2n) is 3.83. The number of aliphatic carboxylic acids is 1. The number of benzene rings is 1. The first-order chi connectivity index (χ1) is 7.16. The lowest BCUT2D eigenvalue weighted by atomic mass is 9.80. The molecule has 0 spiro atoms. The summed E-state index contributed by atoms with van der Waals surface area (Å²) < 4.78 is 13.2. The molecule has 1 fully saturated rings. The van der Waals surface area contributed by atoms with Crippen LogP contribution in [0, 0.1) is 11.7 Å². The average molecular weight is 209 g/mol. The van der Waals surface area contributed by atoms with Crippen LogP contribution in [-0.2, 0) is 4.79 Å². The van der Waals surface area contributed by atoms with Gasteiger partial charge in [-0.15, -0.1) is 0 Å². The summed E-state index contributed by atoms with van der Waals surface area (Å²) in [6.45, 7) is 0. The maximum Gasteiger partial charge on any atom is 0.306 e. The predicted octanol–water partition coefficient (Wildman–Crippen LogP) is 2.10. The van der Waals surface area contributed by atoms with Gasteiger partial charge in [-0.25, -0.2) is 4.39 Å². The molecule has 80 valence electrons. The molecule has 0 aromatic heterocycles. The number of nitrogens with one attached hydrogen (secondary N) is 1. The summed E-state index contributed by atoms with van der Waals surface area (Å²) in [6, 6.07) is 6.50. The molecule has 3 nitrogen and oxygen atoms in total. The number of carboxylic acids is 1. The minimum absolute atomic E-state index is 0.0861. The van der Waals surface area contributed by atoms with Crippen LogP contribution in [0.3, 0.4) is 0 Å². The topological polar surface area (TPSA) is 49.3 Å². The molecule has 0 radical (unpaired) electrons. The van der Waals surface area contributed by atoms with Crippen molar-refractivity contribution in [2.45, 2.75) is 18.9 Å². The molecule has 1 saturated carbocycles. The van der Waals surface area contributed by atoms with Crippen LogP contribution in [0.15, 0.2) is 24.3 Å². The quantitative estimate of drug-likeness (QED) is 0.801. The third-order valence-electron chi connectivity index (χ3n) is 2.72. The fourth-order valence-electron chi connectivity index (χ4n) is 1.74. The van der Waals surface area contributed by atoms with Gasteiger partial charge in [-0.2, -0.15) is 0 Å². The van der Waals surface area contributed by atoms with Gasteiger partial charge in [0.15, 0.2) is 0 Å². The van der Waals surface area contributed by atoms with Crippen LogP contribution in [0.4, 0.5) is 10.1 Å².